The highest BCUT2D eigenvalue weighted by Crippen LogP contribution is 2.12. The predicted molar refractivity (Wildman–Crippen MR) is 70.5 cm³/mol. The van der Waals surface area contributed by atoms with E-state index in [4.69, 9.17) is 9.47 Å². The van der Waals surface area contributed by atoms with Crippen LogP contribution in [0.5, 0.6) is 0 Å². The van der Waals surface area contributed by atoms with E-state index in [2.05, 4.69) is 24.1 Å². The second-order valence-electron chi connectivity index (χ2n) is 4.90. The molecule has 0 aromatic carbocycles. The van der Waals surface area contributed by atoms with Gasteiger partial charge in [-0.05, 0) is 12.8 Å². The van der Waals surface area contributed by atoms with Crippen molar-refractivity contribution < 1.29 is 14.3 Å². The maximum atomic E-state index is 11.5. The molecular formula is C13H26N2O3. The Kier molecular flexibility index (Phi) is 7.23. The van der Waals surface area contributed by atoms with Crippen LogP contribution in [-0.4, -0.2) is 62.9 Å². The largest absolute Gasteiger partial charge is 0.379 e. The fraction of sp³-hybridized carbons (Fsp3) is 0.923. The zero-order chi connectivity index (χ0) is 13.4. The summed E-state index contributed by atoms with van der Waals surface area (Å²) in [6.45, 7) is 11.2. The van der Waals surface area contributed by atoms with Gasteiger partial charge in [-0.15, -0.1) is 0 Å². The Morgan fingerprint density at radius 3 is 2.61 bits per heavy atom. The molecule has 0 aliphatic carbocycles. The Morgan fingerprint density at radius 1 is 1.39 bits per heavy atom. The molecule has 106 valence electrons. The van der Waals surface area contributed by atoms with Crippen molar-refractivity contribution in [1.29, 1.82) is 0 Å². The van der Waals surface area contributed by atoms with Gasteiger partial charge in [-0.25, -0.2) is 0 Å². The van der Waals surface area contributed by atoms with E-state index in [9.17, 15) is 4.79 Å². The lowest BCUT2D eigenvalue weighted by Gasteiger charge is -2.36. The van der Waals surface area contributed by atoms with Crippen LogP contribution in [0, 0.1) is 5.92 Å². The Hall–Kier alpha value is -0.650. The van der Waals surface area contributed by atoms with Gasteiger partial charge in [-0.2, -0.15) is 0 Å². The first-order chi connectivity index (χ1) is 8.65. The average Bonchev–Trinajstić information content (AvgIpc) is 2.37. The van der Waals surface area contributed by atoms with Crippen molar-refractivity contribution in [2.75, 3.05) is 46.1 Å². The van der Waals surface area contributed by atoms with Crippen LogP contribution in [0.3, 0.4) is 0 Å². The SMILES string of the molecule is CCOCC(=O)NC[C@H](C(C)C)N1CCOCC1. The maximum absolute atomic E-state index is 11.5. The average molecular weight is 258 g/mol. The van der Waals surface area contributed by atoms with Gasteiger partial charge >= 0.3 is 0 Å². The van der Waals surface area contributed by atoms with Gasteiger partial charge in [0.15, 0.2) is 0 Å². The molecule has 1 fully saturated rings. The number of hydrogen-bond acceptors (Lipinski definition) is 4. The smallest absolute Gasteiger partial charge is 0.246 e. The van der Waals surface area contributed by atoms with Crippen LogP contribution >= 0.6 is 0 Å². The summed E-state index contributed by atoms with van der Waals surface area (Å²) in [6.07, 6.45) is 0. The van der Waals surface area contributed by atoms with Gasteiger partial charge in [0, 0.05) is 32.3 Å². The molecule has 1 rings (SSSR count). The number of rotatable bonds is 7. The van der Waals surface area contributed by atoms with E-state index in [0.29, 0.717) is 25.1 Å². The minimum atomic E-state index is -0.0317. The lowest BCUT2D eigenvalue weighted by Crippen LogP contribution is -2.51. The summed E-state index contributed by atoms with van der Waals surface area (Å²) < 4.78 is 10.4. The Balaban J connectivity index is 2.35. The first-order valence-electron chi connectivity index (χ1n) is 6.81. The van der Waals surface area contributed by atoms with Gasteiger partial charge in [0.1, 0.15) is 6.61 Å². The summed E-state index contributed by atoms with van der Waals surface area (Å²) in [5.41, 5.74) is 0. The van der Waals surface area contributed by atoms with Crippen molar-refractivity contribution in [2.45, 2.75) is 26.8 Å². The monoisotopic (exact) mass is 258 g/mol. The minimum Gasteiger partial charge on any atom is -0.379 e. The first kappa shape index (κ1) is 15.4. The molecule has 0 aromatic heterocycles. The van der Waals surface area contributed by atoms with Crippen LogP contribution in [0.1, 0.15) is 20.8 Å². The molecule has 0 spiro atoms. The summed E-state index contributed by atoms with van der Waals surface area (Å²) >= 11 is 0. The van der Waals surface area contributed by atoms with Crippen LogP contribution in [0.25, 0.3) is 0 Å². The molecule has 1 heterocycles. The van der Waals surface area contributed by atoms with Gasteiger partial charge in [0.25, 0.3) is 0 Å². The Labute approximate surface area is 110 Å². The number of morpholine rings is 1. The standard InChI is InChI=1S/C13H26N2O3/c1-4-17-10-13(16)14-9-12(11(2)3)15-5-7-18-8-6-15/h11-12H,4-10H2,1-3H3,(H,14,16)/t12-/m1/s1. The third-order valence-corrected chi connectivity index (χ3v) is 3.23. The summed E-state index contributed by atoms with van der Waals surface area (Å²) in [5, 5.41) is 2.95. The number of hydrogen-bond donors (Lipinski definition) is 1. The zero-order valence-corrected chi connectivity index (χ0v) is 11.8. The summed E-state index contributed by atoms with van der Waals surface area (Å²) in [5.74, 6) is 0.478. The number of ether oxygens (including phenoxy) is 2. The molecule has 18 heavy (non-hydrogen) atoms. The highest BCUT2D eigenvalue weighted by Gasteiger charge is 2.23. The maximum Gasteiger partial charge on any atom is 0.246 e. The fourth-order valence-corrected chi connectivity index (χ4v) is 2.16. The molecule has 0 radical (unpaired) electrons. The molecule has 1 saturated heterocycles. The number of amides is 1. The number of nitrogens with zero attached hydrogens (tertiary/aromatic N) is 1. The number of carbonyl (C=O) groups is 1. The molecule has 1 amide bonds. The molecule has 0 aromatic rings. The number of nitrogens with one attached hydrogen (secondary N) is 1. The lowest BCUT2D eigenvalue weighted by molar-refractivity contribution is -0.126. The quantitative estimate of drug-likeness (QED) is 0.722. The molecular weight excluding hydrogens is 232 g/mol. The van der Waals surface area contributed by atoms with Crippen molar-refractivity contribution in [3.05, 3.63) is 0 Å². The molecule has 1 aliphatic rings. The molecule has 1 N–H and O–H groups in total. The van der Waals surface area contributed by atoms with Crippen molar-refractivity contribution in [2.24, 2.45) is 5.92 Å². The molecule has 0 bridgehead atoms. The topological polar surface area (TPSA) is 50.8 Å². The molecule has 1 atom stereocenters. The van der Waals surface area contributed by atoms with E-state index in [-0.39, 0.29) is 12.5 Å². The van der Waals surface area contributed by atoms with E-state index in [1.165, 1.54) is 0 Å². The second-order valence-corrected chi connectivity index (χ2v) is 4.90. The third-order valence-electron chi connectivity index (χ3n) is 3.23. The van der Waals surface area contributed by atoms with Crippen molar-refractivity contribution in [3.63, 3.8) is 0 Å². The Bertz CT molecular complexity index is 240. The molecule has 0 unspecified atom stereocenters. The zero-order valence-electron chi connectivity index (χ0n) is 11.8. The fourth-order valence-electron chi connectivity index (χ4n) is 2.16. The van der Waals surface area contributed by atoms with Gasteiger partial charge in [0.2, 0.25) is 5.91 Å². The van der Waals surface area contributed by atoms with Crippen LogP contribution in [0.2, 0.25) is 0 Å². The highest BCUT2D eigenvalue weighted by atomic mass is 16.5. The Morgan fingerprint density at radius 2 is 2.06 bits per heavy atom. The number of carbonyl (C=O) groups excluding carboxylic acids is 1. The second kappa shape index (κ2) is 8.45. The normalized spacial score (nSPS) is 18.9. The molecule has 5 nitrogen and oxygen atoms in total. The van der Waals surface area contributed by atoms with Crippen LogP contribution in [0.15, 0.2) is 0 Å². The van der Waals surface area contributed by atoms with E-state index in [0.717, 1.165) is 26.3 Å². The van der Waals surface area contributed by atoms with Gasteiger partial charge in [-0.3, -0.25) is 9.69 Å². The lowest BCUT2D eigenvalue weighted by atomic mass is 10.0. The van der Waals surface area contributed by atoms with E-state index >= 15 is 0 Å². The molecule has 5 heteroatoms. The molecule has 0 saturated carbocycles. The highest BCUT2D eigenvalue weighted by molar-refractivity contribution is 5.77. The molecule has 1 aliphatic heterocycles. The third kappa shape index (κ3) is 5.33. The van der Waals surface area contributed by atoms with E-state index in [1.54, 1.807) is 0 Å². The minimum absolute atomic E-state index is 0.0317. The van der Waals surface area contributed by atoms with E-state index in [1.807, 2.05) is 6.92 Å². The summed E-state index contributed by atoms with van der Waals surface area (Å²) in [4.78, 5) is 13.9. The van der Waals surface area contributed by atoms with Gasteiger partial charge in [-0.1, -0.05) is 13.8 Å². The first-order valence-corrected chi connectivity index (χ1v) is 6.81. The summed E-state index contributed by atoms with van der Waals surface area (Å²) in [7, 11) is 0. The van der Waals surface area contributed by atoms with Crippen LogP contribution < -0.4 is 5.32 Å². The van der Waals surface area contributed by atoms with Crippen LogP contribution in [0.4, 0.5) is 0 Å². The van der Waals surface area contributed by atoms with Gasteiger partial charge < -0.3 is 14.8 Å². The van der Waals surface area contributed by atoms with E-state index < -0.39 is 0 Å². The van der Waals surface area contributed by atoms with Crippen molar-refractivity contribution in [3.8, 4) is 0 Å². The summed E-state index contributed by atoms with van der Waals surface area (Å²) in [6, 6.07) is 0.375. The van der Waals surface area contributed by atoms with Crippen molar-refractivity contribution in [1.82, 2.24) is 10.2 Å². The van der Waals surface area contributed by atoms with Crippen molar-refractivity contribution >= 4 is 5.91 Å². The predicted octanol–water partition coefficient (Wildman–Crippen LogP) is 0.496. The van der Waals surface area contributed by atoms with Gasteiger partial charge in [0.05, 0.1) is 13.2 Å². The van der Waals surface area contributed by atoms with Crippen LogP contribution in [-0.2, 0) is 14.3 Å².